The number of rotatable bonds is 4. The highest BCUT2D eigenvalue weighted by Crippen LogP contribution is 2.33. The van der Waals surface area contributed by atoms with E-state index in [4.69, 9.17) is 27.3 Å². The summed E-state index contributed by atoms with van der Waals surface area (Å²) in [7, 11) is 1.62. The topological polar surface area (TPSA) is 67.8 Å². The van der Waals surface area contributed by atoms with Crippen molar-refractivity contribution in [2.24, 2.45) is 10.9 Å². The van der Waals surface area contributed by atoms with Crippen LogP contribution in [0.2, 0.25) is 5.02 Å². The molecule has 0 aromatic heterocycles. The number of benzene rings is 2. The lowest BCUT2D eigenvalue weighted by molar-refractivity contribution is 0.318. The molecular weight excluding hydrogens is 296 g/mol. The predicted molar refractivity (Wildman–Crippen MR) is 81.1 cm³/mol. The molecule has 0 radical (unpaired) electrons. The molecule has 2 aromatic rings. The molecule has 0 aliphatic heterocycles. The Bertz CT molecular complexity index is 630. The first-order valence-corrected chi connectivity index (χ1v) is 6.93. The Morgan fingerprint density at radius 3 is 2.55 bits per heavy atom. The Kier molecular flexibility index (Phi) is 4.76. The third kappa shape index (κ3) is 3.37. The van der Waals surface area contributed by atoms with E-state index in [1.165, 1.54) is 11.8 Å². The van der Waals surface area contributed by atoms with Crippen LogP contribution in [0.3, 0.4) is 0 Å². The van der Waals surface area contributed by atoms with Crippen molar-refractivity contribution in [3.63, 3.8) is 0 Å². The Morgan fingerprint density at radius 2 is 1.95 bits per heavy atom. The number of methoxy groups -OCH3 is 1. The second-order valence-electron chi connectivity index (χ2n) is 3.90. The smallest absolute Gasteiger partial charge is 0.171 e. The maximum atomic E-state index is 8.82. The van der Waals surface area contributed by atoms with Gasteiger partial charge in [-0.05, 0) is 42.5 Å². The van der Waals surface area contributed by atoms with E-state index in [-0.39, 0.29) is 5.84 Å². The molecule has 0 saturated heterocycles. The van der Waals surface area contributed by atoms with Crippen molar-refractivity contribution >= 4 is 29.2 Å². The Hall–Kier alpha value is -1.85. The fourth-order valence-corrected chi connectivity index (χ4v) is 2.85. The molecule has 0 atom stereocenters. The molecule has 0 amide bonds. The highest BCUT2D eigenvalue weighted by Gasteiger charge is 2.09. The number of amidine groups is 1. The molecule has 2 aromatic carbocycles. The molecule has 0 aliphatic carbocycles. The second-order valence-corrected chi connectivity index (χ2v) is 5.46. The first kappa shape index (κ1) is 14.6. The molecule has 0 saturated carbocycles. The first-order valence-electron chi connectivity index (χ1n) is 5.73. The number of oxime groups is 1. The van der Waals surface area contributed by atoms with E-state index in [0.29, 0.717) is 10.6 Å². The van der Waals surface area contributed by atoms with Crippen molar-refractivity contribution in [2.45, 2.75) is 9.79 Å². The van der Waals surface area contributed by atoms with Gasteiger partial charge in [-0.1, -0.05) is 28.5 Å². The zero-order chi connectivity index (χ0) is 14.5. The monoisotopic (exact) mass is 308 g/mol. The van der Waals surface area contributed by atoms with Gasteiger partial charge in [0.25, 0.3) is 0 Å². The molecule has 2 rings (SSSR count). The van der Waals surface area contributed by atoms with Crippen molar-refractivity contribution in [3.8, 4) is 5.75 Å². The number of nitrogens with zero attached hydrogens (tertiary/aromatic N) is 1. The van der Waals surface area contributed by atoms with Gasteiger partial charge < -0.3 is 15.7 Å². The summed E-state index contributed by atoms with van der Waals surface area (Å²) in [4.78, 5) is 1.82. The third-order valence-corrected chi connectivity index (χ3v) is 3.92. The fourth-order valence-electron chi connectivity index (χ4n) is 1.62. The highest BCUT2D eigenvalue weighted by molar-refractivity contribution is 7.99. The summed E-state index contributed by atoms with van der Waals surface area (Å²) in [5.41, 5.74) is 6.30. The van der Waals surface area contributed by atoms with E-state index in [1.807, 2.05) is 24.3 Å². The summed E-state index contributed by atoms with van der Waals surface area (Å²) in [6.07, 6.45) is 0. The summed E-state index contributed by atoms with van der Waals surface area (Å²) in [5, 5.41) is 12.4. The number of hydrogen-bond donors (Lipinski definition) is 2. The molecule has 3 N–H and O–H groups in total. The minimum atomic E-state index is 0.0534. The summed E-state index contributed by atoms with van der Waals surface area (Å²) in [5.74, 6) is 0.842. The zero-order valence-corrected chi connectivity index (χ0v) is 12.3. The lowest BCUT2D eigenvalue weighted by atomic mass is 10.2. The Labute approximate surface area is 126 Å². The summed E-state index contributed by atoms with van der Waals surface area (Å²) < 4.78 is 5.12. The van der Waals surface area contributed by atoms with Crippen LogP contribution >= 0.6 is 23.4 Å². The Balaban J connectivity index is 2.33. The summed E-state index contributed by atoms with van der Waals surface area (Å²) in [6, 6.07) is 12.8. The molecule has 0 heterocycles. The number of nitrogens with two attached hydrogens (primary N) is 1. The zero-order valence-electron chi connectivity index (χ0n) is 10.7. The lowest BCUT2D eigenvalue weighted by Gasteiger charge is -2.09. The van der Waals surface area contributed by atoms with Gasteiger partial charge in [-0.2, -0.15) is 0 Å². The molecule has 4 nitrogen and oxygen atoms in total. The van der Waals surface area contributed by atoms with Crippen LogP contribution in [0.1, 0.15) is 5.56 Å². The molecule has 104 valence electrons. The maximum absolute atomic E-state index is 8.82. The van der Waals surface area contributed by atoms with Crippen molar-refractivity contribution in [1.29, 1.82) is 0 Å². The molecule has 6 heteroatoms. The van der Waals surface area contributed by atoms with Gasteiger partial charge in [-0.15, -0.1) is 0 Å². The average molecular weight is 309 g/mol. The van der Waals surface area contributed by atoms with Gasteiger partial charge in [-0.25, -0.2) is 0 Å². The van der Waals surface area contributed by atoms with Gasteiger partial charge in [0.15, 0.2) is 5.84 Å². The van der Waals surface area contributed by atoms with Crippen LogP contribution in [-0.2, 0) is 0 Å². The van der Waals surface area contributed by atoms with E-state index in [0.717, 1.165) is 15.5 Å². The highest BCUT2D eigenvalue weighted by atomic mass is 35.5. The quantitative estimate of drug-likeness (QED) is 0.392. The van der Waals surface area contributed by atoms with Gasteiger partial charge in [-0.3, -0.25) is 0 Å². The van der Waals surface area contributed by atoms with Gasteiger partial charge in [0, 0.05) is 20.4 Å². The largest absolute Gasteiger partial charge is 0.497 e. The van der Waals surface area contributed by atoms with Crippen LogP contribution in [0.4, 0.5) is 0 Å². The molecule has 0 unspecified atom stereocenters. The normalized spacial score (nSPS) is 11.4. The SMILES string of the molecule is COc1ccc(Sc2cc(Cl)ccc2C(N)=NO)cc1. The van der Waals surface area contributed by atoms with Gasteiger partial charge in [0.2, 0.25) is 0 Å². The van der Waals surface area contributed by atoms with Crippen molar-refractivity contribution < 1.29 is 9.94 Å². The van der Waals surface area contributed by atoms with Crippen LogP contribution in [0.5, 0.6) is 5.75 Å². The van der Waals surface area contributed by atoms with Crippen LogP contribution in [0.25, 0.3) is 0 Å². The standard InChI is InChI=1S/C14H13ClN2O2S/c1-19-10-3-5-11(6-4-10)20-13-8-9(15)2-7-12(13)14(16)17-18/h2-8,18H,1H3,(H2,16,17). The molecule has 20 heavy (non-hydrogen) atoms. The average Bonchev–Trinajstić information content (AvgIpc) is 2.47. The lowest BCUT2D eigenvalue weighted by Crippen LogP contribution is -2.14. The minimum Gasteiger partial charge on any atom is -0.497 e. The summed E-state index contributed by atoms with van der Waals surface area (Å²) in [6.45, 7) is 0. The van der Waals surface area contributed by atoms with E-state index in [9.17, 15) is 0 Å². The minimum absolute atomic E-state index is 0.0534. The van der Waals surface area contributed by atoms with E-state index in [2.05, 4.69) is 5.16 Å². The van der Waals surface area contributed by atoms with Crippen molar-refractivity contribution in [2.75, 3.05) is 7.11 Å². The van der Waals surface area contributed by atoms with E-state index < -0.39 is 0 Å². The predicted octanol–water partition coefficient (Wildman–Crippen LogP) is 3.59. The first-order chi connectivity index (χ1) is 9.63. The fraction of sp³-hybridized carbons (Fsp3) is 0.0714. The number of halogens is 1. The Morgan fingerprint density at radius 1 is 1.25 bits per heavy atom. The molecule has 0 spiro atoms. The molecule has 0 bridgehead atoms. The second kappa shape index (κ2) is 6.54. The number of hydrogen-bond acceptors (Lipinski definition) is 4. The molecule has 0 aliphatic rings. The van der Waals surface area contributed by atoms with Crippen LogP contribution in [0.15, 0.2) is 57.4 Å². The maximum Gasteiger partial charge on any atom is 0.171 e. The van der Waals surface area contributed by atoms with Gasteiger partial charge in [0.05, 0.1) is 7.11 Å². The van der Waals surface area contributed by atoms with Crippen LogP contribution in [0, 0.1) is 0 Å². The van der Waals surface area contributed by atoms with E-state index >= 15 is 0 Å². The van der Waals surface area contributed by atoms with E-state index in [1.54, 1.807) is 25.3 Å². The van der Waals surface area contributed by atoms with Crippen molar-refractivity contribution in [1.82, 2.24) is 0 Å². The van der Waals surface area contributed by atoms with Crippen LogP contribution in [-0.4, -0.2) is 18.2 Å². The van der Waals surface area contributed by atoms with Crippen LogP contribution < -0.4 is 10.5 Å². The van der Waals surface area contributed by atoms with Crippen molar-refractivity contribution in [3.05, 3.63) is 53.1 Å². The third-order valence-electron chi connectivity index (χ3n) is 2.61. The van der Waals surface area contributed by atoms with Gasteiger partial charge >= 0.3 is 0 Å². The molecular formula is C14H13ClN2O2S. The molecule has 0 fully saturated rings. The summed E-state index contributed by atoms with van der Waals surface area (Å²) >= 11 is 7.48. The van der Waals surface area contributed by atoms with Gasteiger partial charge in [0.1, 0.15) is 5.75 Å². The number of ether oxygens (including phenoxy) is 1.